The van der Waals surface area contributed by atoms with Crippen molar-refractivity contribution in [1.29, 1.82) is 0 Å². The van der Waals surface area contributed by atoms with Crippen LogP contribution in [0.2, 0.25) is 0 Å². The van der Waals surface area contributed by atoms with Gasteiger partial charge < -0.3 is 39.9 Å². The monoisotopic (exact) mass is 865 g/mol. The first-order valence-corrected chi connectivity index (χ1v) is 25.0. The number of hydrogen-bond acceptors (Lipinski definition) is 12. The van der Waals surface area contributed by atoms with E-state index in [-0.39, 0.29) is 12.8 Å². The molecule has 1 rings (SSSR count). The predicted octanol–water partition coefficient (Wildman–Crippen LogP) is 9.06. The summed E-state index contributed by atoms with van der Waals surface area (Å²) in [6.45, 7) is 3.29. The third-order valence-electron chi connectivity index (χ3n) is 11.1. The van der Waals surface area contributed by atoms with E-state index in [1.54, 1.807) is 0 Å². The number of ether oxygens (including phenoxy) is 2. The van der Waals surface area contributed by atoms with Crippen LogP contribution in [-0.4, -0.2) is 98.3 Å². The zero-order valence-corrected chi connectivity index (χ0v) is 37.7. The van der Waals surface area contributed by atoms with E-state index in [0.717, 1.165) is 51.4 Å². The minimum atomic E-state index is -5.11. The Morgan fingerprint density at radius 3 is 1.29 bits per heavy atom. The largest absolute Gasteiger partial charge is 0.472 e. The summed E-state index contributed by atoms with van der Waals surface area (Å²) in [5, 5.41) is 50.1. The van der Waals surface area contributed by atoms with E-state index in [4.69, 9.17) is 18.5 Å². The molecule has 0 spiro atoms. The normalized spacial score (nSPS) is 22.4. The van der Waals surface area contributed by atoms with Gasteiger partial charge in [-0.05, 0) is 38.5 Å². The van der Waals surface area contributed by atoms with Crippen molar-refractivity contribution in [2.45, 2.75) is 249 Å². The first-order chi connectivity index (χ1) is 28.4. The lowest BCUT2D eigenvalue weighted by atomic mass is 9.85. The number of carbonyl (C=O) groups excluding carboxylic acids is 2. The number of aliphatic hydroxyl groups excluding tert-OH is 5. The quantitative estimate of drug-likeness (QED) is 0.0148. The molecular formula is C45H85O13P. The Kier molecular flexibility index (Phi) is 34.0. The third-order valence-corrected chi connectivity index (χ3v) is 12.1. The molecule has 0 heterocycles. The molecule has 14 heteroatoms. The molecular weight excluding hydrogens is 779 g/mol. The van der Waals surface area contributed by atoms with Gasteiger partial charge in [-0.15, -0.1) is 0 Å². The lowest BCUT2D eigenvalue weighted by Gasteiger charge is -2.41. The Morgan fingerprint density at radius 1 is 0.508 bits per heavy atom. The summed E-state index contributed by atoms with van der Waals surface area (Å²) in [6.07, 6.45) is 24.1. The van der Waals surface area contributed by atoms with Crippen molar-refractivity contribution in [1.82, 2.24) is 0 Å². The van der Waals surface area contributed by atoms with Gasteiger partial charge in [-0.3, -0.25) is 18.6 Å². The smallest absolute Gasteiger partial charge is 0.462 e. The molecule has 8 atom stereocenters. The maximum Gasteiger partial charge on any atom is 0.472 e. The number of allylic oxidation sites excluding steroid dienone is 2. The van der Waals surface area contributed by atoms with Gasteiger partial charge in [0.15, 0.2) is 6.10 Å². The lowest BCUT2D eigenvalue weighted by molar-refractivity contribution is -0.220. The van der Waals surface area contributed by atoms with Crippen molar-refractivity contribution < 1.29 is 63.1 Å². The molecule has 0 radical (unpaired) electrons. The van der Waals surface area contributed by atoms with Crippen LogP contribution in [-0.2, 0) is 32.7 Å². The zero-order chi connectivity index (χ0) is 43.6. The highest BCUT2D eigenvalue weighted by atomic mass is 31.2. The van der Waals surface area contributed by atoms with Crippen molar-refractivity contribution in [3.05, 3.63) is 12.2 Å². The Balaban J connectivity index is 2.42. The maximum atomic E-state index is 12.8. The summed E-state index contributed by atoms with van der Waals surface area (Å²) >= 11 is 0. The molecule has 0 saturated heterocycles. The zero-order valence-electron chi connectivity index (χ0n) is 36.8. The van der Waals surface area contributed by atoms with Crippen molar-refractivity contribution >= 4 is 19.8 Å². The fourth-order valence-electron chi connectivity index (χ4n) is 7.28. The topological polar surface area (TPSA) is 210 Å². The average molecular weight is 865 g/mol. The van der Waals surface area contributed by atoms with E-state index in [9.17, 15) is 44.6 Å². The van der Waals surface area contributed by atoms with Crippen LogP contribution in [0.1, 0.15) is 206 Å². The van der Waals surface area contributed by atoms with E-state index < -0.39 is 75.7 Å². The molecule has 0 amide bonds. The average Bonchev–Trinajstić information content (AvgIpc) is 3.21. The maximum absolute atomic E-state index is 12.8. The summed E-state index contributed by atoms with van der Waals surface area (Å²) in [5.41, 5.74) is 0. The summed E-state index contributed by atoms with van der Waals surface area (Å²) < 4.78 is 33.5. The molecule has 59 heavy (non-hydrogen) atoms. The minimum absolute atomic E-state index is 0.0986. The summed E-state index contributed by atoms with van der Waals surface area (Å²) in [6, 6.07) is 0. The van der Waals surface area contributed by atoms with Gasteiger partial charge >= 0.3 is 19.8 Å². The van der Waals surface area contributed by atoms with Crippen molar-refractivity contribution in [2.75, 3.05) is 13.2 Å². The number of rotatable bonds is 39. The van der Waals surface area contributed by atoms with Crippen molar-refractivity contribution in [3.63, 3.8) is 0 Å². The third kappa shape index (κ3) is 28.7. The molecule has 1 fully saturated rings. The van der Waals surface area contributed by atoms with Crippen LogP contribution < -0.4 is 0 Å². The SMILES string of the molecule is CCCCCCCC/C=C/CCCCCCCCCCCC(=O)O[C@H](COC(=O)CCCCCCCCCCCCC)COP(=O)(O)OC1C(O)C(O)C(O)[C@H](O)C1O. The summed E-state index contributed by atoms with van der Waals surface area (Å²) in [7, 11) is -5.11. The second kappa shape index (κ2) is 36.1. The molecule has 348 valence electrons. The van der Waals surface area contributed by atoms with Crippen LogP contribution in [0.15, 0.2) is 12.2 Å². The number of aliphatic hydroxyl groups is 5. The highest BCUT2D eigenvalue weighted by molar-refractivity contribution is 7.47. The fourth-order valence-corrected chi connectivity index (χ4v) is 8.26. The van der Waals surface area contributed by atoms with Crippen LogP contribution in [0.4, 0.5) is 0 Å². The van der Waals surface area contributed by atoms with Gasteiger partial charge in [0.25, 0.3) is 0 Å². The lowest BCUT2D eigenvalue weighted by Crippen LogP contribution is -2.64. The second-order valence-corrected chi connectivity index (χ2v) is 18.0. The Bertz CT molecular complexity index is 1090. The molecule has 1 aliphatic rings. The van der Waals surface area contributed by atoms with Crippen LogP contribution in [0.3, 0.4) is 0 Å². The molecule has 1 saturated carbocycles. The molecule has 0 aromatic carbocycles. The van der Waals surface area contributed by atoms with Gasteiger partial charge in [0, 0.05) is 12.8 Å². The molecule has 6 unspecified atom stereocenters. The van der Waals surface area contributed by atoms with E-state index >= 15 is 0 Å². The number of phosphoric acid groups is 1. The minimum Gasteiger partial charge on any atom is -0.462 e. The van der Waals surface area contributed by atoms with E-state index in [1.165, 1.54) is 116 Å². The highest BCUT2D eigenvalue weighted by Gasteiger charge is 2.51. The van der Waals surface area contributed by atoms with Crippen LogP contribution in [0.5, 0.6) is 0 Å². The van der Waals surface area contributed by atoms with Crippen LogP contribution in [0, 0.1) is 0 Å². The van der Waals surface area contributed by atoms with Gasteiger partial charge in [-0.1, -0.05) is 167 Å². The van der Waals surface area contributed by atoms with Gasteiger partial charge in [-0.25, -0.2) is 4.57 Å². The fraction of sp³-hybridized carbons (Fsp3) is 0.911. The van der Waals surface area contributed by atoms with Gasteiger partial charge in [-0.2, -0.15) is 0 Å². The second-order valence-electron chi connectivity index (χ2n) is 16.6. The van der Waals surface area contributed by atoms with E-state index in [2.05, 4.69) is 26.0 Å². The molecule has 0 bridgehead atoms. The standard InChI is InChI=1S/C45H85O13P/c1-3-5-7-9-11-13-15-16-17-18-19-20-21-22-24-26-28-30-32-34-39(47)57-37(35-55-38(46)33-31-29-27-25-23-14-12-10-8-6-4-2)36-56-59(53,54)58-45-43(51)41(49)40(48)42(50)44(45)52/h16-17,37,40-45,48-52H,3-15,18-36H2,1-2H3,(H,53,54)/b17-16+/t37-,40?,41+,42?,43?,44?,45?/m1/s1. The Labute approximate surface area is 356 Å². The number of esters is 2. The predicted molar refractivity (Wildman–Crippen MR) is 231 cm³/mol. The summed E-state index contributed by atoms with van der Waals surface area (Å²) in [4.78, 5) is 35.6. The van der Waals surface area contributed by atoms with Crippen LogP contribution >= 0.6 is 7.82 Å². The number of unbranched alkanes of at least 4 members (excludes halogenated alkanes) is 25. The van der Waals surface area contributed by atoms with E-state index in [1.807, 2.05) is 0 Å². The molecule has 1 aliphatic carbocycles. The van der Waals surface area contributed by atoms with Crippen molar-refractivity contribution in [3.8, 4) is 0 Å². The first-order valence-electron chi connectivity index (χ1n) is 23.5. The molecule has 6 N–H and O–H groups in total. The van der Waals surface area contributed by atoms with Gasteiger partial charge in [0.2, 0.25) is 0 Å². The van der Waals surface area contributed by atoms with Crippen LogP contribution in [0.25, 0.3) is 0 Å². The van der Waals surface area contributed by atoms with E-state index in [0.29, 0.717) is 12.8 Å². The van der Waals surface area contributed by atoms with Gasteiger partial charge in [0.1, 0.15) is 43.2 Å². The number of hydrogen-bond donors (Lipinski definition) is 6. The molecule has 0 aliphatic heterocycles. The van der Waals surface area contributed by atoms with Crippen molar-refractivity contribution in [2.24, 2.45) is 0 Å². The Morgan fingerprint density at radius 2 is 0.864 bits per heavy atom. The molecule has 0 aromatic rings. The number of phosphoric ester groups is 1. The summed E-state index contributed by atoms with van der Waals surface area (Å²) in [5.74, 6) is -1.09. The number of carbonyl (C=O) groups is 2. The highest BCUT2D eigenvalue weighted by Crippen LogP contribution is 2.47. The Hall–Kier alpha value is -1.41. The molecule has 13 nitrogen and oxygen atoms in total. The first kappa shape index (κ1) is 55.6. The molecule has 0 aromatic heterocycles. The van der Waals surface area contributed by atoms with Gasteiger partial charge in [0.05, 0.1) is 6.61 Å².